The Morgan fingerprint density at radius 1 is 0.833 bits per heavy atom. The number of benzene rings is 3. The molecule has 0 fully saturated rings. The van der Waals surface area contributed by atoms with Crippen molar-refractivity contribution in [2.45, 2.75) is 6.42 Å². The summed E-state index contributed by atoms with van der Waals surface area (Å²) in [5, 5.41) is 13.4. The van der Waals surface area contributed by atoms with Crippen molar-refractivity contribution in [2.75, 3.05) is 19.5 Å². The summed E-state index contributed by atoms with van der Waals surface area (Å²) in [5.74, 6) is 1.53. The minimum Gasteiger partial charge on any atom is -0.493 e. The molecule has 6 nitrogen and oxygen atoms in total. The van der Waals surface area contributed by atoms with Crippen LogP contribution in [0, 0.1) is 0 Å². The fourth-order valence-electron chi connectivity index (χ4n) is 3.27. The number of anilines is 1. The molecule has 0 aliphatic heterocycles. The molecule has 0 saturated carbocycles. The van der Waals surface area contributed by atoms with E-state index in [2.05, 4.69) is 21.6 Å². The number of nitrogens with zero attached hydrogens (tertiary/aromatic N) is 2. The van der Waals surface area contributed by atoms with Gasteiger partial charge in [-0.25, -0.2) is 0 Å². The first-order valence-electron chi connectivity index (χ1n) is 9.50. The third-order valence-corrected chi connectivity index (χ3v) is 4.79. The number of hydrogen-bond donors (Lipinski definition) is 1. The van der Waals surface area contributed by atoms with Crippen LogP contribution in [0.1, 0.15) is 5.56 Å². The van der Waals surface area contributed by atoms with Crippen molar-refractivity contribution in [3.8, 4) is 22.8 Å². The molecule has 0 aliphatic carbocycles. The van der Waals surface area contributed by atoms with E-state index in [1.165, 1.54) is 0 Å². The number of amides is 1. The summed E-state index contributed by atoms with van der Waals surface area (Å²) < 4.78 is 10.6. The van der Waals surface area contributed by atoms with Gasteiger partial charge in [0.15, 0.2) is 17.3 Å². The van der Waals surface area contributed by atoms with Gasteiger partial charge in [-0.2, -0.15) is 0 Å². The van der Waals surface area contributed by atoms with Crippen LogP contribution < -0.4 is 14.8 Å². The SMILES string of the molecule is COc1ccc(-c2ccc(NC(=O)Cc3ccc4ccccc4c3)nn2)cc1OC. The molecular weight excluding hydrogens is 378 g/mol. The highest BCUT2D eigenvalue weighted by Gasteiger charge is 2.10. The number of methoxy groups -OCH3 is 2. The highest BCUT2D eigenvalue weighted by Crippen LogP contribution is 2.31. The second-order valence-electron chi connectivity index (χ2n) is 6.78. The van der Waals surface area contributed by atoms with Crippen molar-refractivity contribution in [1.29, 1.82) is 0 Å². The van der Waals surface area contributed by atoms with E-state index in [9.17, 15) is 4.79 Å². The average molecular weight is 399 g/mol. The smallest absolute Gasteiger partial charge is 0.229 e. The molecule has 1 amide bonds. The second kappa shape index (κ2) is 8.61. The standard InChI is InChI=1S/C24H21N3O3/c1-29-21-11-9-19(15-22(21)30-2)20-10-12-23(27-26-20)25-24(28)14-16-7-8-17-5-3-4-6-18(17)13-16/h3-13,15H,14H2,1-2H3,(H,25,27,28). The van der Waals surface area contributed by atoms with Gasteiger partial charge in [-0.05, 0) is 46.7 Å². The molecule has 3 aromatic carbocycles. The van der Waals surface area contributed by atoms with Gasteiger partial charge in [0.1, 0.15) is 0 Å². The molecule has 0 bridgehead atoms. The minimum absolute atomic E-state index is 0.140. The lowest BCUT2D eigenvalue weighted by molar-refractivity contribution is -0.115. The van der Waals surface area contributed by atoms with Gasteiger partial charge in [0.25, 0.3) is 0 Å². The molecule has 1 heterocycles. The van der Waals surface area contributed by atoms with Gasteiger partial charge >= 0.3 is 0 Å². The van der Waals surface area contributed by atoms with Crippen molar-refractivity contribution in [2.24, 2.45) is 0 Å². The van der Waals surface area contributed by atoms with Crippen molar-refractivity contribution in [3.63, 3.8) is 0 Å². The third-order valence-electron chi connectivity index (χ3n) is 4.79. The largest absolute Gasteiger partial charge is 0.493 e. The Morgan fingerprint density at radius 3 is 2.37 bits per heavy atom. The van der Waals surface area contributed by atoms with Crippen molar-refractivity contribution < 1.29 is 14.3 Å². The van der Waals surface area contributed by atoms with Gasteiger partial charge in [0, 0.05) is 5.56 Å². The van der Waals surface area contributed by atoms with Crippen molar-refractivity contribution >= 4 is 22.5 Å². The van der Waals surface area contributed by atoms with E-state index < -0.39 is 0 Å². The molecule has 1 aromatic heterocycles. The van der Waals surface area contributed by atoms with Crippen LogP contribution >= 0.6 is 0 Å². The monoisotopic (exact) mass is 399 g/mol. The summed E-state index contributed by atoms with van der Waals surface area (Å²) in [5.41, 5.74) is 2.46. The number of nitrogens with one attached hydrogen (secondary N) is 1. The molecule has 6 heteroatoms. The van der Waals surface area contributed by atoms with Crippen LogP contribution in [0.15, 0.2) is 72.8 Å². The highest BCUT2D eigenvalue weighted by molar-refractivity contribution is 5.92. The van der Waals surface area contributed by atoms with E-state index in [1.807, 2.05) is 54.6 Å². The van der Waals surface area contributed by atoms with Crippen LogP contribution in [0.3, 0.4) is 0 Å². The zero-order chi connectivity index (χ0) is 20.9. The van der Waals surface area contributed by atoms with Crippen molar-refractivity contribution in [3.05, 3.63) is 78.4 Å². The predicted octanol–water partition coefficient (Wildman–Crippen LogP) is 4.50. The summed E-state index contributed by atoms with van der Waals surface area (Å²) in [6.45, 7) is 0. The Kier molecular flexibility index (Phi) is 5.57. The van der Waals surface area contributed by atoms with E-state index in [4.69, 9.17) is 9.47 Å². The molecule has 0 aliphatic rings. The fraction of sp³-hybridized carbons (Fsp3) is 0.125. The molecule has 0 spiro atoms. The fourth-order valence-corrected chi connectivity index (χ4v) is 3.27. The lowest BCUT2D eigenvalue weighted by Crippen LogP contribution is -2.15. The number of fused-ring (bicyclic) bond motifs is 1. The number of carbonyl (C=O) groups excluding carboxylic acids is 1. The normalized spacial score (nSPS) is 10.6. The first kappa shape index (κ1) is 19.4. The first-order chi connectivity index (χ1) is 14.7. The highest BCUT2D eigenvalue weighted by atomic mass is 16.5. The van der Waals surface area contributed by atoms with E-state index in [0.717, 1.165) is 21.9 Å². The molecule has 4 rings (SSSR count). The number of carbonyl (C=O) groups is 1. The molecule has 150 valence electrons. The summed E-state index contributed by atoms with van der Waals surface area (Å²) >= 11 is 0. The van der Waals surface area contributed by atoms with E-state index in [1.54, 1.807) is 26.4 Å². The molecule has 4 aromatic rings. The van der Waals surface area contributed by atoms with Crippen molar-refractivity contribution in [1.82, 2.24) is 10.2 Å². The summed E-state index contributed by atoms with van der Waals surface area (Å²) in [4.78, 5) is 12.4. The first-order valence-corrected chi connectivity index (χ1v) is 9.50. The van der Waals surface area contributed by atoms with Crippen LogP contribution in [-0.2, 0) is 11.2 Å². The van der Waals surface area contributed by atoms with Crippen LogP contribution in [0.2, 0.25) is 0 Å². The minimum atomic E-state index is -0.140. The Bertz CT molecular complexity index is 1190. The zero-order valence-corrected chi connectivity index (χ0v) is 16.8. The topological polar surface area (TPSA) is 73.3 Å². The lowest BCUT2D eigenvalue weighted by Gasteiger charge is -2.09. The van der Waals surface area contributed by atoms with Gasteiger partial charge in [-0.3, -0.25) is 4.79 Å². The Hall–Kier alpha value is -3.93. The van der Waals surface area contributed by atoms with Gasteiger partial charge in [0.05, 0.1) is 26.3 Å². The van der Waals surface area contributed by atoms with Gasteiger partial charge in [-0.1, -0.05) is 42.5 Å². The van der Waals surface area contributed by atoms with Crippen LogP contribution in [-0.4, -0.2) is 30.3 Å². The number of hydrogen-bond acceptors (Lipinski definition) is 5. The Balaban J connectivity index is 1.44. The molecule has 1 N–H and O–H groups in total. The van der Waals surface area contributed by atoms with Gasteiger partial charge in [0.2, 0.25) is 5.91 Å². The maximum Gasteiger partial charge on any atom is 0.229 e. The third kappa shape index (κ3) is 4.22. The number of ether oxygens (including phenoxy) is 2. The maximum atomic E-state index is 12.4. The van der Waals surface area contributed by atoms with Crippen LogP contribution in [0.25, 0.3) is 22.0 Å². The average Bonchev–Trinajstić information content (AvgIpc) is 2.79. The van der Waals surface area contributed by atoms with Gasteiger partial charge < -0.3 is 14.8 Å². The quantitative estimate of drug-likeness (QED) is 0.517. The molecule has 0 atom stereocenters. The van der Waals surface area contributed by atoms with E-state index in [-0.39, 0.29) is 12.3 Å². The number of rotatable bonds is 6. The summed E-state index contributed by atoms with van der Waals surface area (Å²) in [7, 11) is 3.17. The van der Waals surface area contributed by atoms with E-state index in [0.29, 0.717) is 23.0 Å². The van der Waals surface area contributed by atoms with Crippen LogP contribution in [0.5, 0.6) is 11.5 Å². The molecule has 0 radical (unpaired) electrons. The predicted molar refractivity (Wildman–Crippen MR) is 117 cm³/mol. The zero-order valence-electron chi connectivity index (χ0n) is 16.8. The summed E-state index contributed by atoms with van der Waals surface area (Å²) in [6, 6.07) is 23.2. The number of aromatic nitrogens is 2. The Morgan fingerprint density at radius 2 is 1.63 bits per heavy atom. The molecule has 0 saturated heterocycles. The van der Waals surface area contributed by atoms with Crippen LogP contribution in [0.4, 0.5) is 5.82 Å². The van der Waals surface area contributed by atoms with Gasteiger partial charge in [-0.15, -0.1) is 10.2 Å². The molecule has 30 heavy (non-hydrogen) atoms. The molecule has 0 unspecified atom stereocenters. The maximum absolute atomic E-state index is 12.4. The second-order valence-corrected chi connectivity index (χ2v) is 6.78. The lowest BCUT2D eigenvalue weighted by atomic mass is 10.0. The molecular formula is C24H21N3O3. The Labute approximate surface area is 174 Å². The van der Waals surface area contributed by atoms with E-state index >= 15 is 0 Å². The summed E-state index contributed by atoms with van der Waals surface area (Å²) in [6.07, 6.45) is 0.268.